The van der Waals surface area contributed by atoms with Gasteiger partial charge in [0.25, 0.3) is 5.56 Å². The van der Waals surface area contributed by atoms with E-state index >= 15 is 0 Å². The van der Waals surface area contributed by atoms with Gasteiger partial charge in [-0.3, -0.25) is 9.36 Å². The van der Waals surface area contributed by atoms with Crippen LogP contribution in [0.2, 0.25) is 0 Å². The fraction of sp³-hybridized carbons (Fsp3) is 0.192. The van der Waals surface area contributed by atoms with E-state index in [1.165, 1.54) is 0 Å². The molecule has 1 N–H and O–H groups in total. The number of ether oxygens (including phenoxy) is 1. The van der Waals surface area contributed by atoms with E-state index in [-0.39, 0.29) is 11.1 Å². The monoisotopic (exact) mass is 465 g/mol. The summed E-state index contributed by atoms with van der Waals surface area (Å²) >= 11 is 0. The predicted octanol–water partition coefficient (Wildman–Crippen LogP) is 3.80. The molecule has 0 saturated carbocycles. The molecule has 6 rings (SSSR count). The first-order chi connectivity index (χ1) is 17.2. The Balaban J connectivity index is 1.39. The van der Waals surface area contributed by atoms with Crippen molar-refractivity contribution in [2.45, 2.75) is 26.3 Å². The minimum atomic E-state index is -0.239. The highest BCUT2D eigenvalue weighted by molar-refractivity contribution is 5.85. The van der Waals surface area contributed by atoms with Crippen molar-refractivity contribution < 1.29 is 4.74 Å². The third-order valence-electron chi connectivity index (χ3n) is 6.37. The maximum absolute atomic E-state index is 13.3. The zero-order valence-corrected chi connectivity index (χ0v) is 19.4. The molecule has 174 valence electrons. The van der Waals surface area contributed by atoms with Gasteiger partial charge in [0.2, 0.25) is 0 Å². The Kier molecular flexibility index (Phi) is 5.02. The van der Waals surface area contributed by atoms with E-state index in [4.69, 9.17) is 9.84 Å². The summed E-state index contributed by atoms with van der Waals surface area (Å²) in [7, 11) is 1.65. The van der Waals surface area contributed by atoms with Crippen LogP contribution in [0.1, 0.15) is 18.2 Å². The molecule has 4 aromatic heterocycles. The first kappa shape index (κ1) is 21.0. The Hall–Kier alpha value is -4.53. The third kappa shape index (κ3) is 3.43. The summed E-state index contributed by atoms with van der Waals surface area (Å²) in [6, 6.07) is 15.9. The Morgan fingerprint density at radius 2 is 1.91 bits per heavy atom. The van der Waals surface area contributed by atoms with E-state index in [0.717, 1.165) is 45.5 Å². The van der Waals surface area contributed by atoms with Crippen LogP contribution in [-0.2, 0) is 19.4 Å². The van der Waals surface area contributed by atoms with Gasteiger partial charge in [-0.25, -0.2) is 4.98 Å². The molecule has 0 amide bonds. The number of hydrogen-bond donors (Lipinski definition) is 1. The molecule has 0 atom stereocenters. The number of nitrogens with one attached hydrogen (secondary N) is 1. The summed E-state index contributed by atoms with van der Waals surface area (Å²) in [6.45, 7) is 2.50. The Morgan fingerprint density at radius 1 is 1.06 bits per heavy atom. The van der Waals surface area contributed by atoms with Gasteiger partial charge in [0.1, 0.15) is 12.1 Å². The average molecular weight is 466 g/mol. The van der Waals surface area contributed by atoms with E-state index < -0.39 is 0 Å². The lowest BCUT2D eigenvalue weighted by Gasteiger charge is -2.07. The molecule has 0 spiro atoms. The molecule has 6 aromatic rings. The lowest BCUT2D eigenvalue weighted by atomic mass is 10.0. The standard InChI is InChI=1S/C26H23N7O2/c1-3-20-22(16-7-5-4-6-8-16)24-30-29-23-25(33(24)31-20)28-15-32(26(23)34)12-11-17-14-27-21-10-9-18(35-2)13-19(17)21/h4-10,13-15,27H,3,11-12H2,1-2H3. The second-order valence-corrected chi connectivity index (χ2v) is 8.37. The topological polar surface area (TPSA) is 103 Å². The van der Waals surface area contributed by atoms with Gasteiger partial charge >= 0.3 is 0 Å². The van der Waals surface area contributed by atoms with Crippen molar-refractivity contribution in [1.82, 2.24) is 34.3 Å². The summed E-state index contributed by atoms with van der Waals surface area (Å²) in [4.78, 5) is 21.1. The van der Waals surface area contributed by atoms with Crippen LogP contribution in [0.5, 0.6) is 5.75 Å². The van der Waals surface area contributed by atoms with Crippen LogP contribution < -0.4 is 10.3 Å². The number of fused-ring (bicyclic) bond motifs is 4. The van der Waals surface area contributed by atoms with Crippen molar-refractivity contribution in [3.05, 3.63) is 82.7 Å². The Labute approximate surface area is 200 Å². The summed E-state index contributed by atoms with van der Waals surface area (Å²) in [5.74, 6) is 0.794. The molecule has 9 heteroatoms. The van der Waals surface area contributed by atoms with Gasteiger partial charge in [0, 0.05) is 23.6 Å². The molecular weight excluding hydrogens is 442 g/mol. The first-order valence-corrected chi connectivity index (χ1v) is 11.5. The summed E-state index contributed by atoms with van der Waals surface area (Å²) in [6.07, 6.45) is 4.90. The second kappa shape index (κ2) is 8.35. The van der Waals surface area contributed by atoms with Crippen molar-refractivity contribution in [3.8, 4) is 16.9 Å². The Bertz CT molecular complexity index is 1750. The molecule has 4 heterocycles. The molecule has 0 fully saturated rings. The van der Waals surface area contributed by atoms with E-state index in [1.54, 1.807) is 22.5 Å². The lowest BCUT2D eigenvalue weighted by Crippen LogP contribution is -2.23. The molecule has 0 aliphatic heterocycles. The summed E-state index contributed by atoms with van der Waals surface area (Å²) in [5.41, 5.74) is 5.90. The van der Waals surface area contributed by atoms with Crippen LogP contribution in [0.25, 0.3) is 38.8 Å². The molecule has 0 aliphatic carbocycles. The Morgan fingerprint density at radius 3 is 2.71 bits per heavy atom. The first-order valence-electron chi connectivity index (χ1n) is 11.5. The minimum Gasteiger partial charge on any atom is -0.497 e. The molecule has 0 saturated heterocycles. The third-order valence-corrected chi connectivity index (χ3v) is 6.37. The second-order valence-electron chi connectivity index (χ2n) is 8.37. The van der Waals surface area contributed by atoms with Crippen LogP contribution in [-0.4, -0.2) is 41.5 Å². The zero-order valence-electron chi connectivity index (χ0n) is 19.4. The molecule has 0 bridgehead atoms. The van der Waals surface area contributed by atoms with E-state index in [0.29, 0.717) is 24.3 Å². The van der Waals surface area contributed by atoms with Crippen molar-refractivity contribution in [2.24, 2.45) is 0 Å². The largest absolute Gasteiger partial charge is 0.497 e. The van der Waals surface area contributed by atoms with Gasteiger partial charge in [0.15, 0.2) is 16.8 Å². The number of hydrogen-bond acceptors (Lipinski definition) is 6. The number of methoxy groups -OCH3 is 1. The number of benzene rings is 2. The zero-order chi connectivity index (χ0) is 23.9. The lowest BCUT2D eigenvalue weighted by molar-refractivity contribution is 0.415. The van der Waals surface area contributed by atoms with Gasteiger partial charge in [-0.1, -0.05) is 37.3 Å². The van der Waals surface area contributed by atoms with Crippen molar-refractivity contribution in [3.63, 3.8) is 0 Å². The fourth-order valence-corrected chi connectivity index (χ4v) is 4.54. The maximum atomic E-state index is 13.3. The van der Waals surface area contributed by atoms with Gasteiger partial charge in [-0.2, -0.15) is 9.61 Å². The number of rotatable bonds is 6. The van der Waals surface area contributed by atoms with Crippen LogP contribution in [0.4, 0.5) is 0 Å². The molecule has 0 radical (unpaired) electrons. The van der Waals surface area contributed by atoms with Crippen LogP contribution in [0, 0.1) is 0 Å². The van der Waals surface area contributed by atoms with Crippen molar-refractivity contribution in [2.75, 3.05) is 7.11 Å². The van der Waals surface area contributed by atoms with Crippen LogP contribution in [0.15, 0.2) is 65.8 Å². The van der Waals surface area contributed by atoms with E-state index in [2.05, 4.69) is 20.2 Å². The smallest absolute Gasteiger partial charge is 0.283 e. The van der Waals surface area contributed by atoms with E-state index in [1.807, 2.05) is 61.7 Å². The van der Waals surface area contributed by atoms with Crippen LogP contribution in [0.3, 0.4) is 0 Å². The quantitative estimate of drug-likeness (QED) is 0.401. The van der Waals surface area contributed by atoms with Crippen LogP contribution >= 0.6 is 0 Å². The minimum absolute atomic E-state index is 0.199. The van der Waals surface area contributed by atoms with Crippen molar-refractivity contribution in [1.29, 1.82) is 0 Å². The number of aromatic amines is 1. The molecule has 2 aromatic carbocycles. The fourth-order valence-electron chi connectivity index (χ4n) is 4.54. The highest BCUT2D eigenvalue weighted by atomic mass is 16.5. The molecular formula is C26H23N7O2. The van der Waals surface area contributed by atoms with Gasteiger partial charge in [0.05, 0.1) is 18.4 Å². The van der Waals surface area contributed by atoms with E-state index in [9.17, 15) is 4.79 Å². The number of nitrogens with zero attached hydrogens (tertiary/aromatic N) is 6. The number of aromatic nitrogens is 7. The highest BCUT2D eigenvalue weighted by Crippen LogP contribution is 2.28. The van der Waals surface area contributed by atoms with Gasteiger partial charge in [-0.15, -0.1) is 10.2 Å². The molecule has 35 heavy (non-hydrogen) atoms. The predicted molar refractivity (Wildman–Crippen MR) is 134 cm³/mol. The maximum Gasteiger partial charge on any atom is 0.283 e. The SMILES string of the molecule is CCc1nn2c(nnc3c(=O)n(CCc4c[nH]c5ccc(OC)cc45)cnc32)c1-c1ccccc1. The highest BCUT2D eigenvalue weighted by Gasteiger charge is 2.19. The normalized spacial score (nSPS) is 11.6. The summed E-state index contributed by atoms with van der Waals surface area (Å²) < 4.78 is 8.57. The summed E-state index contributed by atoms with van der Waals surface area (Å²) in [5, 5.41) is 14.5. The molecule has 9 nitrogen and oxygen atoms in total. The van der Waals surface area contributed by atoms with Crippen molar-refractivity contribution >= 4 is 27.7 Å². The molecule has 0 aliphatic rings. The van der Waals surface area contributed by atoms with Gasteiger partial charge < -0.3 is 9.72 Å². The van der Waals surface area contributed by atoms with Gasteiger partial charge in [-0.05, 0) is 42.2 Å². The number of aryl methyl sites for hydroxylation is 3. The molecule has 0 unspecified atom stereocenters. The average Bonchev–Trinajstić information content (AvgIpc) is 3.49. The number of H-pyrrole nitrogens is 1.